The van der Waals surface area contributed by atoms with Gasteiger partial charge in [-0.15, -0.1) is 0 Å². The molecule has 0 amide bonds. The molecule has 0 aromatic carbocycles. The lowest BCUT2D eigenvalue weighted by Crippen LogP contribution is -2.31. The van der Waals surface area contributed by atoms with E-state index in [1.165, 1.54) is 0 Å². The van der Waals surface area contributed by atoms with Crippen molar-refractivity contribution >= 4 is 12.6 Å². The van der Waals surface area contributed by atoms with Crippen LogP contribution in [0.5, 0.6) is 0 Å². The first-order valence-electron chi connectivity index (χ1n) is 2.39. The van der Waals surface area contributed by atoms with Crippen LogP contribution in [-0.4, -0.2) is 34.7 Å². The zero-order valence-electron chi connectivity index (χ0n) is 4.49. The molecule has 0 bridgehead atoms. The number of hydrogen-bond acceptors (Lipinski definition) is 4. The van der Waals surface area contributed by atoms with Gasteiger partial charge in [-0.2, -0.15) is 12.6 Å². The Bertz CT molecular complexity index is 54.0. The van der Waals surface area contributed by atoms with Crippen LogP contribution in [0.15, 0.2) is 0 Å². The molecule has 0 aliphatic carbocycles. The molecular weight excluding hydrogens is 126 g/mol. The summed E-state index contributed by atoms with van der Waals surface area (Å²) in [7, 11) is 0. The highest BCUT2D eigenvalue weighted by molar-refractivity contribution is 7.81. The SMILES string of the molecule is NCC(O)C(S)CO. The van der Waals surface area contributed by atoms with E-state index in [1.54, 1.807) is 0 Å². The molecule has 4 heteroatoms. The molecule has 4 N–H and O–H groups in total. The first kappa shape index (κ1) is 8.23. The molecule has 0 aromatic heterocycles. The summed E-state index contributed by atoms with van der Waals surface area (Å²) in [5.41, 5.74) is 5.04. The van der Waals surface area contributed by atoms with Gasteiger partial charge in [0, 0.05) is 6.54 Å². The van der Waals surface area contributed by atoms with Crippen molar-refractivity contribution < 1.29 is 10.2 Å². The van der Waals surface area contributed by atoms with Crippen LogP contribution in [0.2, 0.25) is 0 Å². The minimum absolute atomic E-state index is 0.137. The second-order valence-corrected chi connectivity index (χ2v) is 2.22. The highest BCUT2D eigenvalue weighted by atomic mass is 32.1. The van der Waals surface area contributed by atoms with Gasteiger partial charge >= 0.3 is 0 Å². The van der Waals surface area contributed by atoms with Gasteiger partial charge in [0.2, 0.25) is 0 Å². The summed E-state index contributed by atoms with van der Waals surface area (Å²) < 4.78 is 0. The molecule has 0 aliphatic rings. The van der Waals surface area contributed by atoms with E-state index in [4.69, 9.17) is 15.9 Å². The van der Waals surface area contributed by atoms with Crippen LogP contribution < -0.4 is 5.73 Å². The van der Waals surface area contributed by atoms with E-state index in [1.807, 2.05) is 0 Å². The van der Waals surface area contributed by atoms with Gasteiger partial charge in [-0.3, -0.25) is 0 Å². The monoisotopic (exact) mass is 137 g/mol. The van der Waals surface area contributed by atoms with E-state index in [0.717, 1.165) is 0 Å². The van der Waals surface area contributed by atoms with Crippen LogP contribution in [0.25, 0.3) is 0 Å². The number of hydrogen-bond donors (Lipinski definition) is 4. The van der Waals surface area contributed by atoms with E-state index in [0.29, 0.717) is 0 Å². The topological polar surface area (TPSA) is 66.5 Å². The maximum atomic E-state index is 8.77. The van der Waals surface area contributed by atoms with Gasteiger partial charge in [0.05, 0.1) is 18.0 Å². The predicted molar refractivity (Wildman–Crippen MR) is 34.9 cm³/mol. The van der Waals surface area contributed by atoms with E-state index < -0.39 is 11.4 Å². The molecule has 2 unspecified atom stereocenters. The van der Waals surface area contributed by atoms with E-state index in [9.17, 15) is 0 Å². The van der Waals surface area contributed by atoms with Crippen molar-refractivity contribution in [1.29, 1.82) is 0 Å². The highest BCUT2D eigenvalue weighted by Gasteiger charge is 2.10. The molecule has 0 heterocycles. The largest absolute Gasteiger partial charge is 0.395 e. The van der Waals surface area contributed by atoms with Crippen LogP contribution >= 0.6 is 12.6 Å². The molecule has 0 aromatic rings. The standard InChI is InChI=1S/C4H11NO2S/c5-1-3(7)4(8)2-6/h3-4,6-8H,1-2,5H2. The summed E-state index contributed by atoms with van der Waals surface area (Å²) >= 11 is 3.82. The second kappa shape index (κ2) is 4.14. The molecule has 0 spiro atoms. The van der Waals surface area contributed by atoms with Crippen molar-refractivity contribution in [2.24, 2.45) is 5.73 Å². The lowest BCUT2D eigenvalue weighted by Gasteiger charge is -2.11. The molecule has 0 aliphatic heterocycles. The first-order chi connectivity index (χ1) is 3.72. The quantitative estimate of drug-likeness (QED) is 0.362. The van der Waals surface area contributed by atoms with E-state index in [2.05, 4.69) is 12.6 Å². The van der Waals surface area contributed by atoms with Crippen LogP contribution in [0.3, 0.4) is 0 Å². The van der Waals surface area contributed by atoms with Gasteiger partial charge in [-0.1, -0.05) is 0 Å². The smallest absolute Gasteiger partial charge is 0.0800 e. The van der Waals surface area contributed by atoms with Crippen LogP contribution in [0.4, 0.5) is 0 Å². The third-order valence-electron chi connectivity index (χ3n) is 0.873. The Morgan fingerprint density at radius 2 is 2.12 bits per heavy atom. The Labute approximate surface area is 53.9 Å². The van der Waals surface area contributed by atoms with Crippen LogP contribution in [-0.2, 0) is 0 Å². The number of aliphatic hydroxyl groups is 2. The molecule has 0 radical (unpaired) electrons. The highest BCUT2D eigenvalue weighted by Crippen LogP contribution is 1.97. The third kappa shape index (κ3) is 2.52. The number of aliphatic hydroxyl groups excluding tert-OH is 2. The van der Waals surface area contributed by atoms with Gasteiger partial charge in [-0.05, 0) is 0 Å². The predicted octanol–water partition coefficient (Wildman–Crippen LogP) is -1.40. The Kier molecular flexibility index (Phi) is 4.26. The molecule has 0 saturated carbocycles. The normalized spacial score (nSPS) is 18.0. The summed E-state index contributed by atoms with van der Waals surface area (Å²) in [4.78, 5) is 0. The molecule has 0 fully saturated rings. The Morgan fingerprint density at radius 3 is 2.25 bits per heavy atom. The van der Waals surface area contributed by atoms with Crippen LogP contribution in [0, 0.1) is 0 Å². The lowest BCUT2D eigenvalue weighted by molar-refractivity contribution is 0.148. The maximum absolute atomic E-state index is 8.77. The number of thiol groups is 1. The summed E-state index contributed by atoms with van der Waals surface area (Å²) in [5, 5.41) is 16.7. The van der Waals surface area contributed by atoms with Crippen molar-refractivity contribution in [3.05, 3.63) is 0 Å². The minimum atomic E-state index is -0.691. The molecule has 0 rings (SSSR count). The van der Waals surface area contributed by atoms with Gasteiger partial charge in [0.1, 0.15) is 0 Å². The fourth-order valence-electron chi connectivity index (χ4n) is 0.279. The van der Waals surface area contributed by atoms with Crippen molar-refractivity contribution in [1.82, 2.24) is 0 Å². The van der Waals surface area contributed by atoms with Gasteiger partial charge in [0.15, 0.2) is 0 Å². The fraction of sp³-hybridized carbons (Fsp3) is 1.00. The Balaban J connectivity index is 3.29. The Morgan fingerprint density at radius 1 is 1.62 bits per heavy atom. The third-order valence-corrected chi connectivity index (χ3v) is 1.38. The molecule has 0 saturated heterocycles. The van der Waals surface area contributed by atoms with Crippen molar-refractivity contribution in [2.45, 2.75) is 11.4 Å². The average Bonchev–Trinajstić information content (AvgIpc) is 1.84. The Hall–Kier alpha value is 0.230. The fourth-order valence-corrected chi connectivity index (χ4v) is 0.400. The summed E-state index contributed by atoms with van der Waals surface area (Å²) in [6.45, 7) is 0.0101. The number of nitrogens with two attached hydrogens (primary N) is 1. The van der Waals surface area contributed by atoms with Gasteiger partial charge in [0.25, 0.3) is 0 Å². The molecular formula is C4H11NO2S. The summed E-state index contributed by atoms with van der Waals surface area (Å²) in [5.74, 6) is 0. The van der Waals surface area contributed by atoms with Crippen LogP contribution in [0.1, 0.15) is 0 Å². The van der Waals surface area contributed by atoms with E-state index >= 15 is 0 Å². The molecule has 8 heavy (non-hydrogen) atoms. The molecule has 2 atom stereocenters. The van der Waals surface area contributed by atoms with Crippen molar-refractivity contribution in [2.75, 3.05) is 13.2 Å². The van der Waals surface area contributed by atoms with Crippen molar-refractivity contribution in [3.63, 3.8) is 0 Å². The molecule has 50 valence electrons. The summed E-state index contributed by atoms with van der Waals surface area (Å²) in [6, 6.07) is 0. The first-order valence-corrected chi connectivity index (χ1v) is 2.91. The number of rotatable bonds is 3. The summed E-state index contributed by atoms with van der Waals surface area (Å²) in [6.07, 6.45) is -0.691. The van der Waals surface area contributed by atoms with Crippen molar-refractivity contribution in [3.8, 4) is 0 Å². The van der Waals surface area contributed by atoms with Gasteiger partial charge < -0.3 is 15.9 Å². The second-order valence-electron chi connectivity index (χ2n) is 1.55. The average molecular weight is 137 g/mol. The zero-order chi connectivity index (χ0) is 6.57. The molecule has 3 nitrogen and oxygen atoms in total. The maximum Gasteiger partial charge on any atom is 0.0800 e. The minimum Gasteiger partial charge on any atom is -0.395 e. The lowest BCUT2D eigenvalue weighted by atomic mass is 10.2. The van der Waals surface area contributed by atoms with E-state index in [-0.39, 0.29) is 13.2 Å². The zero-order valence-corrected chi connectivity index (χ0v) is 5.38. The van der Waals surface area contributed by atoms with Gasteiger partial charge in [-0.25, -0.2) is 0 Å².